The molecule has 0 amide bonds. The van der Waals surface area contributed by atoms with Crippen LogP contribution < -0.4 is 4.74 Å². The molecule has 0 unspecified atom stereocenters. The molecule has 0 radical (unpaired) electrons. The van der Waals surface area contributed by atoms with Gasteiger partial charge in [-0.05, 0) is 18.2 Å². The summed E-state index contributed by atoms with van der Waals surface area (Å²) in [5.41, 5.74) is 2.01. The van der Waals surface area contributed by atoms with Crippen molar-refractivity contribution in [1.29, 1.82) is 5.26 Å². The van der Waals surface area contributed by atoms with Crippen LogP contribution >= 0.6 is 0 Å². The first kappa shape index (κ1) is 10.5. The Bertz CT molecular complexity index is 686. The summed E-state index contributed by atoms with van der Waals surface area (Å²) in [6.45, 7) is 0.273. The second-order valence-corrected chi connectivity index (χ2v) is 3.95. The number of ketones is 1. The third-order valence-corrected chi connectivity index (χ3v) is 2.86. The van der Waals surface area contributed by atoms with Crippen LogP contribution in [-0.2, 0) is 6.61 Å². The number of para-hydroxylation sites is 1. The Kier molecular flexibility index (Phi) is 2.31. The predicted molar refractivity (Wildman–Crippen MR) is 63.2 cm³/mol. The second-order valence-electron chi connectivity index (χ2n) is 3.95. The van der Waals surface area contributed by atoms with E-state index in [1.165, 1.54) is 6.20 Å². The number of nitriles is 1. The predicted octanol–water partition coefficient (Wildman–Crippen LogP) is 2.08. The van der Waals surface area contributed by atoms with E-state index >= 15 is 0 Å². The number of hydrogen-bond acceptors (Lipinski definition) is 4. The summed E-state index contributed by atoms with van der Waals surface area (Å²) in [6, 6.07) is 10.7. The van der Waals surface area contributed by atoms with Gasteiger partial charge in [-0.1, -0.05) is 12.1 Å². The van der Waals surface area contributed by atoms with Gasteiger partial charge in [-0.3, -0.25) is 4.79 Å². The fourth-order valence-corrected chi connectivity index (χ4v) is 1.96. The number of benzene rings is 1. The minimum Gasteiger partial charge on any atom is -0.488 e. The third-order valence-electron chi connectivity index (χ3n) is 2.86. The minimum atomic E-state index is -0.116. The standard InChI is InChI=1S/C14H8N2O2/c15-6-10-5-9-8-18-13-4-2-1-3-11(13)14(17)12(9)7-16-10/h1-5,7H,8H2. The van der Waals surface area contributed by atoms with Crippen LogP contribution in [0.1, 0.15) is 27.2 Å². The van der Waals surface area contributed by atoms with Crippen LogP contribution in [0.15, 0.2) is 36.5 Å². The van der Waals surface area contributed by atoms with Crippen LogP contribution in [0.5, 0.6) is 5.75 Å². The lowest BCUT2D eigenvalue weighted by molar-refractivity contribution is 0.103. The Labute approximate surface area is 103 Å². The van der Waals surface area contributed by atoms with Crippen molar-refractivity contribution in [3.05, 3.63) is 58.9 Å². The molecule has 2 aromatic rings. The molecule has 0 saturated carbocycles. The highest BCUT2D eigenvalue weighted by molar-refractivity contribution is 6.11. The molecule has 1 aromatic carbocycles. The highest BCUT2D eigenvalue weighted by Crippen LogP contribution is 2.27. The fourth-order valence-electron chi connectivity index (χ4n) is 1.96. The lowest BCUT2D eigenvalue weighted by Gasteiger charge is -2.04. The van der Waals surface area contributed by atoms with E-state index in [9.17, 15) is 4.79 Å². The van der Waals surface area contributed by atoms with E-state index in [1.807, 2.05) is 12.1 Å². The van der Waals surface area contributed by atoms with Crippen LogP contribution in [0.2, 0.25) is 0 Å². The average Bonchev–Trinajstić information content (AvgIpc) is 2.57. The first-order valence-electron chi connectivity index (χ1n) is 5.45. The number of pyridine rings is 1. The molecule has 0 fully saturated rings. The molecule has 0 saturated heterocycles. The maximum Gasteiger partial charge on any atom is 0.198 e. The van der Waals surface area contributed by atoms with Crippen molar-refractivity contribution in [3.63, 3.8) is 0 Å². The van der Waals surface area contributed by atoms with Gasteiger partial charge in [0.1, 0.15) is 24.1 Å². The molecule has 4 heteroatoms. The number of carbonyl (C=O) groups is 1. The molecule has 1 aliphatic heterocycles. The van der Waals surface area contributed by atoms with Crippen molar-refractivity contribution < 1.29 is 9.53 Å². The maximum atomic E-state index is 12.3. The molecular formula is C14H8N2O2. The summed E-state index contributed by atoms with van der Waals surface area (Å²) in [5.74, 6) is 0.451. The normalized spacial score (nSPS) is 12.7. The summed E-state index contributed by atoms with van der Waals surface area (Å²) >= 11 is 0. The molecule has 0 atom stereocenters. The van der Waals surface area contributed by atoms with Crippen LogP contribution in [0.4, 0.5) is 0 Å². The van der Waals surface area contributed by atoms with Gasteiger partial charge in [-0.2, -0.15) is 5.26 Å². The second kappa shape index (κ2) is 3.97. The topological polar surface area (TPSA) is 63.0 Å². The van der Waals surface area contributed by atoms with E-state index in [2.05, 4.69) is 4.98 Å². The smallest absolute Gasteiger partial charge is 0.198 e. The van der Waals surface area contributed by atoms with Gasteiger partial charge in [0.05, 0.1) is 5.56 Å². The molecule has 0 N–H and O–H groups in total. The molecular weight excluding hydrogens is 228 g/mol. The van der Waals surface area contributed by atoms with Gasteiger partial charge < -0.3 is 4.74 Å². The van der Waals surface area contributed by atoms with Crippen LogP contribution in [0.3, 0.4) is 0 Å². The van der Waals surface area contributed by atoms with Crippen molar-refractivity contribution in [2.24, 2.45) is 0 Å². The molecule has 0 spiro atoms. The van der Waals surface area contributed by atoms with E-state index in [-0.39, 0.29) is 18.1 Å². The first-order chi connectivity index (χ1) is 8.79. The number of ether oxygens (including phenoxy) is 1. The lowest BCUT2D eigenvalue weighted by atomic mass is 10.0. The van der Waals surface area contributed by atoms with Crippen LogP contribution in [0, 0.1) is 11.3 Å². The molecule has 1 aromatic heterocycles. The van der Waals surface area contributed by atoms with Gasteiger partial charge in [-0.15, -0.1) is 0 Å². The van der Waals surface area contributed by atoms with Gasteiger partial charge in [0.2, 0.25) is 0 Å². The Morgan fingerprint density at radius 2 is 2.11 bits per heavy atom. The molecule has 18 heavy (non-hydrogen) atoms. The van der Waals surface area contributed by atoms with Gasteiger partial charge in [-0.25, -0.2) is 4.98 Å². The third kappa shape index (κ3) is 1.54. The van der Waals surface area contributed by atoms with Crippen molar-refractivity contribution in [3.8, 4) is 11.8 Å². The number of nitrogens with zero attached hydrogens (tertiary/aromatic N) is 2. The van der Waals surface area contributed by atoms with E-state index in [1.54, 1.807) is 24.3 Å². The highest BCUT2D eigenvalue weighted by Gasteiger charge is 2.22. The first-order valence-corrected chi connectivity index (χ1v) is 5.45. The number of rotatable bonds is 0. The molecule has 2 heterocycles. The van der Waals surface area contributed by atoms with Gasteiger partial charge in [0, 0.05) is 17.3 Å². The van der Waals surface area contributed by atoms with Gasteiger partial charge in [0.15, 0.2) is 5.78 Å². The summed E-state index contributed by atoms with van der Waals surface area (Å²) < 4.78 is 5.59. The van der Waals surface area contributed by atoms with Crippen molar-refractivity contribution in [2.75, 3.05) is 0 Å². The van der Waals surface area contributed by atoms with Crippen molar-refractivity contribution in [1.82, 2.24) is 4.98 Å². The largest absolute Gasteiger partial charge is 0.488 e. The molecule has 0 bridgehead atoms. The molecule has 3 rings (SSSR count). The van der Waals surface area contributed by atoms with E-state index in [0.29, 0.717) is 22.4 Å². The summed E-state index contributed by atoms with van der Waals surface area (Å²) in [5, 5.41) is 8.81. The molecule has 4 nitrogen and oxygen atoms in total. The number of hydrogen-bond donors (Lipinski definition) is 0. The number of aromatic nitrogens is 1. The number of carbonyl (C=O) groups excluding carboxylic acids is 1. The molecule has 1 aliphatic rings. The zero-order chi connectivity index (χ0) is 12.5. The van der Waals surface area contributed by atoms with E-state index in [4.69, 9.17) is 10.00 Å². The SMILES string of the molecule is N#Cc1cc2c(cn1)C(=O)c1ccccc1OC2. The fraction of sp³-hybridized carbons (Fsp3) is 0.0714. The van der Waals surface area contributed by atoms with Gasteiger partial charge in [0.25, 0.3) is 0 Å². The zero-order valence-corrected chi connectivity index (χ0v) is 9.38. The Morgan fingerprint density at radius 3 is 2.94 bits per heavy atom. The molecule has 86 valence electrons. The zero-order valence-electron chi connectivity index (χ0n) is 9.38. The van der Waals surface area contributed by atoms with Crippen molar-refractivity contribution >= 4 is 5.78 Å². The summed E-state index contributed by atoms with van der Waals surface area (Å²) in [7, 11) is 0. The monoisotopic (exact) mass is 236 g/mol. The average molecular weight is 236 g/mol. The Balaban J connectivity index is 2.18. The number of fused-ring (bicyclic) bond motifs is 2. The Hall–Kier alpha value is -2.67. The summed E-state index contributed by atoms with van der Waals surface area (Å²) in [6.07, 6.45) is 1.45. The van der Waals surface area contributed by atoms with E-state index < -0.39 is 0 Å². The van der Waals surface area contributed by atoms with Crippen LogP contribution in [-0.4, -0.2) is 10.8 Å². The Morgan fingerprint density at radius 1 is 1.28 bits per heavy atom. The quantitative estimate of drug-likeness (QED) is 0.702. The summed E-state index contributed by atoms with van der Waals surface area (Å²) in [4.78, 5) is 16.3. The minimum absolute atomic E-state index is 0.116. The van der Waals surface area contributed by atoms with Gasteiger partial charge >= 0.3 is 0 Å². The molecule has 0 aliphatic carbocycles. The van der Waals surface area contributed by atoms with E-state index in [0.717, 1.165) is 0 Å². The lowest BCUT2D eigenvalue weighted by Crippen LogP contribution is -2.04. The van der Waals surface area contributed by atoms with Crippen LogP contribution in [0.25, 0.3) is 0 Å². The van der Waals surface area contributed by atoms with Crippen molar-refractivity contribution in [2.45, 2.75) is 6.61 Å². The highest BCUT2D eigenvalue weighted by atomic mass is 16.5. The maximum absolute atomic E-state index is 12.3.